The Labute approximate surface area is 216 Å². The van der Waals surface area contributed by atoms with Gasteiger partial charge < -0.3 is 24.8 Å². The predicted molar refractivity (Wildman–Crippen MR) is 124 cm³/mol. The number of hydrogen-bond donors (Lipinski definition) is 0. The Hall–Kier alpha value is -0.860. The SMILES string of the molecule is CC1=Cc2c(-c3ccccn3)cccc2C1[c-]1c(C)c(C)c(C)c1C(C)C.[Cl-].[Cl-].[SiH2]=[Zr+2]. The van der Waals surface area contributed by atoms with Crippen molar-refractivity contribution >= 4 is 13.0 Å². The summed E-state index contributed by atoms with van der Waals surface area (Å²) in [5, 5.41) is 0. The van der Waals surface area contributed by atoms with Crippen LogP contribution in [0.1, 0.15) is 71.6 Å². The fourth-order valence-corrected chi connectivity index (χ4v) is 4.89. The van der Waals surface area contributed by atoms with Gasteiger partial charge in [-0.1, -0.05) is 70.5 Å². The minimum absolute atomic E-state index is 0. The first-order chi connectivity index (χ1) is 13.9. The summed E-state index contributed by atoms with van der Waals surface area (Å²) in [6, 6.07) is 12.8. The average Bonchev–Trinajstić information content (AvgIpc) is 3.18. The summed E-state index contributed by atoms with van der Waals surface area (Å²) in [5.41, 5.74) is 13.9. The maximum atomic E-state index is 4.60. The Bertz CT molecular complexity index is 1070. The summed E-state index contributed by atoms with van der Waals surface area (Å²) in [5.74, 6) is 0.886. The van der Waals surface area contributed by atoms with Gasteiger partial charge in [-0.2, -0.15) is 22.3 Å². The molecule has 0 saturated heterocycles. The van der Waals surface area contributed by atoms with Crippen molar-refractivity contribution in [2.24, 2.45) is 0 Å². The van der Waals surface area contributed by atoms with Gasteiger partial charge in [0.2, 0.25) is 0 Å². The maximum absolute atomic E-state index is 4.60. The van der Waals surface area contributed by atoms with Crippen LogP contribution in [0.3, 0.4) is 0 Å². The molecule has 1 aliphatic carbocycles. The molecule has 1 nitrogen and oxygen atoms in total. The third-order valence-electron chi connectivity index (χ3n) is 6.31. The van der Waals surface area contributed by atoms with Crippen molar-refractivity contribution in [3.63, 3.8) is 0 Å². The molecule has 3 aromatic rings. The van der Waals surface area contributed by atoms with Gasteiger partial charge in [-0.25, -0.2) is 0 Å². The molecule has 1 aliphatic rings. The molecule has 0 N–H and O–H groups in total. The second-order valence-corrected chi connectivity index (χ2v) is 8.20. The summed E-state index contributed by atoms with van der Waals surface area (Å²) in [6.45, 7) is 15.8. The van der Waals surface area contributed by atoms with Crippen LogP contribution in [0.25, 0.3) is 17.3 Å². The fourth-order valence-electron chi connectivity index (χ4n) is 4.89. The molecule has 0 radical (unpaired) electrons. The van der Waals surface area contributed by atoms with Crippen LogP contribution in [0.15, 0.2) is 48.2 Å². The Morgan fingerprint density at radius 3 is 2.19 bits per heavy atom. The molecule has 0 fully saturated rings. The fraction of sp³-hybridized carbons (Fsp3) is 0.308. The van der Waals surface area contributed by atoms with Gasteiger partial charge in [0.15, 0.2) is 0 Å². The van der Waals surface area contributed by atoms with Gasteiger partial charge in [-0.15, -0.1) is 5.56 Å². The van der Waals surface area contributed by atoms with Gasteiger partial charge in [0.1, 0.15) is 0 Å². The van der Waals surface area contributed by atoms with Crippen molar-refractivity contribution in [1.82, 2.24) is 4.98 Å². The van der Waals surface area contributed by atoms with Crippen molar-refractivity contribution in [2.75, 3.05) is 0 Å². The summed E-state index contributed by atoms with van der Waals surface area (Å²) in [7, 11) is 0. The van der Waals surface area contributed by atoms with E-state index in [0.717, 1.165) is 5.69 Å². The predicted octanol–water partition coefficient (Wildman–Crippen LogP) is 0.154. The van der Waals surface area contributed by atoms with Crippen molar-refractivity contribution in [1.29, 1.82) is 0 Å². The van der Waals surface area contributed by atoms with Crippen LogP contribution in [0, 0.1) is 20.8 Å². The van der Waals surface area contributed by atoms with Crippen molar-refractivity contribution < 1.29 is 48.1 Å². The number of allylic oxidation sites excluding steroid dienone is 1. The molecule has 0 spiro atoms. The average molecular weight is 547 g/mol. The summed E-state index contributed by atoms with van der Waals surface area (Å²) in [4.78, 5) is 4.60. The molecular formula is C26H30Cl2NSiZr-. The van der Waals surface area contributed by atoms with Gasteiger partial charge in [0.05, 0.1) is 5.69 Å². The molecule has 1 atom stereocenters. The molecular weight excluding hydrogens is 517 g/mol. The zero-order chi connectivity index (χ0) is 21.3. The standard InChI is InChI=1S/C26H28N.2ClH.H2Si.Zr/c1-15(2)24-18(5)17(4)19(6)26(24)25-16(3)14-22-20(10-9-11-21(22)25)23-12-7-8-13-27-23;;;;/h7-15,25H,1-6H3;2*1H;1H2;/q-1;;;;+2/p-2. The minimum atomic E-state index is 0. The van der Waals surface area contributed by atoms with E-state index in [9.17, 15) is 0 Å². The normalized spacial score (nSPS) is 14.1. The number of pyridine rings is 1. The Morgan fingerprint density at radius 1 is 0.935 bits per heavy atom. The van der Waals surface area contributed by atoms with E-state index in [0.29, 0.717) is 11.8 Å². The number of halogens is 2. The zero-order valence-electron chi connectivity index (χ0n) is 19.2. The van der Waals surface area contributed by atoms with Crippen molar-refractivity contribution in [3.8, 4) is 11.3 Å². The monoisotopic (exact) mass is 544 g/mol. The summed E-state index contributed by atoms with van der Waals surface area (Å²) < 4.78 is 0. The molecule has 4 rings (SSSR count). The molecule has 2 aromatic carbocycles. The number of benzene rings is 1. The number of aromatic nitrogens is 1. The molecule has 5 heteroatoms. The second kappa shape index (κ2) is 11.8. The number of fused-ring (bicyclic) bond motifs is 1. The summed E-state index contributed by atoms with van der Waals surface area (Å²) in [6.07, 6.45) is 4.26. The Kier molecular flexibility index (Phi) is 10.8. The number of rotatable bonds is 3. The second-order valence-electron chi connectivity index (χ2n) is 8.20. The van der Waals surface area contributed by atoms with Crippen LogP contribution in [-0.4, -0.2) is 11.9 Å². The van der Waals surface area contributed by atoms with Crippen molar-refractivity contribution in [2.45, 2.75) is 53.4 Å². The van der Waals surface area contributed by atoms with Gasteiger partial charge in [0, 0.05) is 11.8 Å². The van der Waals surface area contributed by atoms with Crippen LogP contribution < -0.4 is 24.8 Å². The van der Waals surface area contributed by atoms with E-state index in [-0.39, 0.29) is 24.8 Å². The van der Waals surface area contributed by atoms with Crippen LogP contribution in [0.2, 0.25) is 0 Å². The summed E-state index contributed by atoms with van der Waals surface area (Å²) >= 11 is 1.58. The van der Waals surface area contributed by atoms with E-state index < -0.39 is 0 Å². The topological polar surface area (TPSA) is 12.9 Å². The number of hydrogen-bond acceptors (Lipinski definition) is 1. The van der Waals surface area contributed by atoms with Gasteiger partial charge in [-0.3, -0.25) is 4.98 Å². The van der Waals surface area contributed by atoms with Crippen LogP contribution in [0.5, 0.6) is 0 Å². The molecule has 1 unspecified atom stereocenters. The first-order valence-corrected chi connectivity index (χ1v) is 16.2. The first-order valence-electron chi connectivity index (χ1n) is 10.3. The molecule has 0 bridgehead atoms. The third kappa shape index (κ3) is 5.06. The Balaban J connectivity index is 0.00000117. The van der Waals surface area contributed by atoms with Crippen molar-refractivity contribution in [3.05, 3.63) is 87.1 Å². The Morgan fingerprint density at radius 2 is 1.61 bits per heavy atom. The van der Waals surface area contributed by atoms with E-state index in [2.05, 4.69) is 82.9 Å². The molecule has 162 valence electrons. The molecule has 1 heterocycles. The molecule has 0 saturated carbocycles. The zero-order valence-corrected chi connectivity index (χ0v) is 24.6. The van der Waals surface area contributed by atoms with Crippen LogP contribution in [0.4, 0.5) is 0 Å². The number of nitrogens with zero attached hydrogens (tertiary/aromatic N) is 1. The van der Waals surface area contributed by atoms with E-state index in [1.54, 1.807) is 28.9 Å². The van der Waals surface area contributed by atoms with Gasteiger partial charge in [-0.05, 0) is 42.0 Å². The third-order valence-corrected chi connectivity index (χ3v) is 6.31. The van der Waals surface area contributed by atoms with Crippen LogP contribution >= 0.6 is 0 Å². The molecule has 0 aliphatic heterocycles. The van der Waals surface area contributed by atoms with E-state index in [4.69, 9.17) is 0 Å². The van der Waals surface area contributed by atoms with Crippen LogP contribution in [-0.2, 0) is 23.3 Å². The van der Waals surface area contributed by atoms with Gasteiger partial charge >= 0.3 is 30.2 Å². The first kappa shape index (κ1) is 28.2. The molecule has 0 amide bonds. The van der Waals surface area contributed by atoms with E-state index >= 15 is 0 Å². The van der Waals surface area contributed by atoms with Gasteiger partial charge in [0.25, 0.3) is 0 Å². The quantitative estimate of drug-likeness (QED) is 0.337. The van der Waals surface area contributed by atoms with E-state index in [1.165, 1.54) is 44.5 Å². The van der Waals surface area contributed by atoms with E-state index in [1.807, 2.05) is 19.1 Å². The molecule has 31 heavy (non-hydrogen) atoms. The molecule has 1 aromatic heterocycles.